The molecule has 1 amide bonds. The fourth-order valence-electron chi connectivity index (χ4n) is 5.58. The van der Waals surface area contributed by atoms with Crippen molar-refractivity contribution in [1.82, 2.24) is 15.3 Å². The van der Waals surface area contributed by atoms with Crippen LogP contribution in [-0.2, 0) is 19.1 Å². The first kappa shape index (κ1) is 29.5. The van der Waals surface area contributed by atoms with Gasteiger partial charge < -0.3 is 24.6 Å². The number of aromatic nitrogens is 2. The van der Waals surface area contributed by atoms with E-state index in [1.807, 2.05) is 29.6 Å². The van der Waals surface area contributed by atoms with Crippen LogP contribution in [0.2, 0.25) is 0 Å². The lowest BCUT2D eigenvalue weighted by Gasteiger charge is -2.21. The third-order valence-corrected chi connectivity index (χ3v) is 8.95. The van der Waals surface area contributed by atoms with Crippen LogP contribution in [0.1, 0.15) is 51.6 Å². The molecule has 222 valence electrons. The van der Waals surface area contributed by atoms with Gasteiger partial charge in [0.15, 0.2) is 0 Å². The number of methoxy groups -OCH3 is 1. The van der Waals surface area contributed by atoms with Crippen LogP contribution in [0.5, 0.6) is 11.5 Å². The highest BCUT2D eigenvalue weighted by atomic mass is 32.1. The first-order valence-corrected chi connectivity index (χ1v) is 14.9. The van der Waals surface area contributed by atoms with Crippen molar-refractivity contribution in [2.45, 2.75) is 57.6 Å². The van der Waals surface area contributed by atoms with Gasteiger partial charge in [0.1, 0.15) is 33.8 Å². The molecule has 0 aliphatic heterocycles. The minimum Gasteiger partial charge on any atom is -0.497 e. The van der Waals surface area contributed by atoms with Crippen molar-refractivity contribution in [2.24, 2.45) is 17.8 Å². The van der Waals surface area contributed by atoms with Crippen LogP contribution < -0.4 is 14.8 Å². The Bertz CT molecular complexity index is 1540. The molecule has 2 N–H and O–H groups in total. The minimum atomic E-state index is -1.20. The molecule has 2 aromatic heterocycles. The molecule has 10 nitrogen and oxygen atoms in total. The van der Waals surface area contributed by atoms with Crippen LogP contribution in [-0.4, -0.2) is 58.3 Å². The number of carboxylic acid groups (broad SMARTS) is 1. The number of benzene rings is 1. The number of aliphatic carboxylic acids is 1. The van der Waals surface area contributed by atoms with Crippen LogP contribution in [0.15, 0.2) is 42.3 Å². The Morgan fingerprint density at radius 2 is 1.98 bits per heavy atom. The third kappa shape index (κ3) is 5.57. The van der Waals surface area contributed by atoms with Crippen LogP contribution in [0.25, 0.3) is 21.6 Å². The van der Waals surface area contributed by atoms with Gasteiger partial charge in [-0.15, -0.1) is 17.9 Å². The number of carboxylic acids is 1. The van der Waals surface area contributed by atoms with Gasteiger partial charge in [0, 0.05) is 28.8 Å². The summed E-state index contributed by atoms with van der Waals surface area (Å²) in [6.07, 6.45) is 1.73. The third-order valence-electron chi connectivity index (χ3n) is 8.06. The molecule has 2 heterocycles. The largest absolute Gasteiger partial charge is 0.497 e. The Hall–Kier alpha value is -3.99. The van der Waals surface area contributed by atoms with Crippen LogP contribution in [0, 0.1) is 17.8 Å². The van der Waals surface area contributed by atoms with Gasteiger partial charge in [0.25, 0.3) is 0 Å². The molecule has 0 bridgehead atoms. The van der Waals surface area contributed by atoms with E-state index in [-0.39, 0.29) is 31.3 Å². The number of pyridine rings is 1. The van der Waals surface area contributed by atoms with E-state index in [4.69, 9.17) is 24.2 Å². The molecule has 11 heteroatoms. The molecule has 1 aromatic carbocycles. The summed E-state index contributed by atoms with van der Waals surface area (Å²) in [4.78, 5) is 48.0. The number of esters is 1. The summed E-state index contributed by atoms with van der Waals surface area (Å²) in [5.74, 6) is -2.82. The van der Waals surface area contributed by atoms with Crippen molar-refractivity contribution >= 4 is 40.1 Å². The lowest BCUT2D eigenvalue weighted by atomic mass is 9.94. The number of hydrogen-bond donors (Lipinski definition) is 2. The van der Waals surface area contributed by atoms with Gasteiger partial charge in [-0.1, -0.05) is 19.9 Å². The molecule has 2 aliphatic rings. The average molecular weight is 594 g/mol. The van der Waals surface area contributed by atoms with Gasteiger partial charge in [-0.2, -0.15) is 0 Å². The van der Waals surface area contributed by atoms with E-state index in [0.29, 0.717) is 29.1 Å². The standard InChI is InChI=1S/C31H35N3O7S/c1-6-17-14-31(17,30(38)40-7-2)34-27(35)21-10-19(11-22(21)29(36)37)41-26-13-24(28-33-25(15-42-28)16(3)4)32-23-12-18(39-5)8-9-20(23)26/h6,8-9,12-13,15-17,19,21-22H,1,7,10-11,14H2,2-5H3,(H,34,35)(H,36,37)/t17-,19-,21-,22-,31-/m1/s1. The molecule has 0 radical (unpaired) electrons. The Kier molecular flexibility index (Phi) is 8.23. The topological polar surface area (TPSA) is 137 Å². The van der Waals surface area contributed by atoms with Crippen LogP contribution in [0.3, 0.4) is 0 Å². The van der Waals surface area contributed by atoms with Gasteiger partial charge in [-0.05, 0) is 44.2 Å². The molecule has 5 atom stereocenters. The highest BCUT2D eigenvalue weighted by Crippen LogP contribution is 2.47. The van der Waals surface area contributed by atoms with Gasteiger partial charge >= 0.3 is 11.9 Å². The molecule has 2 fully saturated rings. The maximum Gasteiger partial charge on any atom is 0.332 e. The van der Waals surface area contributed by atoms with Gasteiger partial charge in [-0.25, -0.2) is 14.8 Å². The zero-order chi connectivity index (χ0) is 30.2. The molecule has 2 saturated carbocycles. The molecular formula is C31H35N3O7S. The number of carbonyl (C=O) groups excluding carboxylic acids is 2. The summed E-state index contributed by atoms with van der Waals surface area (Å²) < 4.78 is 17.1. The Morgan fingerprint density at radius 3 is 2.60 bits per heavy atom. The average Bonchev–Trinajstić information content (AvgIpc) is 3.27. The van der Waals surface area contributed by atoms with E-state index >= 15 is 0 Å². The van der Waals surface area contributed by atoms with E-state index in [2.05, 4.69) is 25.7 Å². The second-order valence-corrected chi connectivity index (χ2v) is 12.0. The van der Waals surface area contributed by atoms with E-state index in [1.54, 1.807) is 20.1 Å². The second-order valence-electron chi connectivity index (χ2n) is 11.1. The summed E-state index contributed by atoms with van der Waals surface area (Å²) in [5, 5.41) is 16.3. The van der Waals surface area contributed by atoms with Gasteiger partial charge in [-0.3, -0.25) is 9.59 Å². The van der Waals surface area contributed by atoms with Crippen molar-refractivity contribution in [2.75, 3.05) is 13.7 Å². The van der Waals surface area contributed by atoms with E-state index in [1.165, 1.54) is 11.3 Å². The molecule has 5 rings (SSSR count). The van der Waals surface area contributed by atoms with Gasteiger partial charge in [0.05, 0.1) is 36.8 Å². The van der Waals surface area contributed by atoms with E-state index in [9.17, 15) is 19.5 Å². The summed E-state index contributed by atoms with van der Waals surface area (Å²) in [7, 11) is 1.58. The molecule has 0 unspecified atom stereocenters. The Morgan fingerprint density at radius 1 is 1.21 bits per heavy atom. The lowest BCUT2D eigenvalue weighted by molar-refractivity contribution is -0.150. The number of rotatable bonds is 11. The lowest BCUT2D eigenvalue weighted by Crippen LogP contribution is -2.49. The Labute approximate surface area is 248 Å². The predicted octanol–water partition coefficient (Wildman–Crippen LogP) is 4.97. The molecule has 0 spiro atoms. The predicted molar refractivity (Wildman–Crippen MR) is 158 cm³/mol. The highest BCUT2D eigenvalue weighted by molar-refractivity contribution is 7.13. The number of amides is 1. The zero-order valence-electron chi connectivity index (χ0n) is 24.1. The van der Waals surface area contributed by atoms with Crippen molar-refractivity contribution in [1.29, 1.82) is 0 Å². The van der Waals surface area contributed by atoms with Crippen molar-refractivity contribution in [3.05, 3.63) is 48.0 Å². The number of thiazole rings is 1. The fourth-order valence-corrected chi connectivity index (χ4v) is 6.52. The number of fused-ring (bicyclic) bond motifs is 1. The van der Waals surface area contributed by atoms with Crippen LogP contribution >= 0.6 is 11.3 Å². The smallest absolute Gasteiger partial charge is 0.332 e. The number of nitrogens with zero attached hydrogens (tertiary/aromatic N) is 2. The monoisotopic (exact) mass is 593 g/mol. The first-order valence-electron chi connectivity index (χ1n) is 14.1. The second kappa shape index (κ2) is 11.7. The zero-order valence-corrected chi connectivity index (χ0v) is 24.9. The van der Waals surface area contributed by atoms with Crippen molar-refractivity contribution < 1.29 is 33.7 Å². The number of ether oxygens (including phenoxy) is 3. The van der Waals surface area contributed by atoms with Crippen molar-refractivity contribution in [3.63, 3.8) is 0 Å². The Balaban J connectivity index is 1.43. The highest BCUT2D eigenvalue weighted by Gasteiger charge is 2.62. The van der Waals surface area contributed by atoms with E-state index < -0.39 is 41.3 Å². The molecule has 2 aliphatic carbocycles. The number of carbonyl (C=O) groups is 3. The van der Waals surface area contributed by atoms with E-state index in [0.717, 1.165) is 16.1 Å². The quantitative estimate of drug-likeness (QED) is 0.233. The summed E-state index contributed by atoms with van der Waals surface area (Å²) in [5.41, 5.74) is 1.04. The molecular weight excluding hydrogens is 558 g/mol. The number of nitrogens with one attached hydrogen (secondary N) is 1. The maximum absolute atomic E-state index is 13.5. The normalized spacial score (nSPS) is 24.8. The van der Waals surface area contributed by atoms with Gasteiger partial charge in [0.2, 0.25) is 5.91 Å². The minimum absolute atomic E-state index is 0.134. The molecule has 0 saturated heterocycles. The fraction of sp³-hybridized carbons (Fsp3) is 0.452. The molecule has 3 aromatic rings. The maximum atomic E-state index is 13.5. The SMILES string of the molecule is C=C[C@@H]1C[C@]1(NC(=O)[C@@H]1C[C@@H](Oc2cc(-c3nc(C(C)C)cs3)nc3cc(OC)ccc23)C[C@H]1C(=O)O)C(=O)OCC. The summed E-state index contributed by atoms with van der Waals surface area (Å²) in [6, 6.07) is 7.28. The first-order chi connectivity index (χ1) is 20.1. The van der Waals surface area contributed by atoms with Crippen molar-refractivity contribution in [3.8, 4) is 22.2 Å². The number of hydrogen-bond acceptors (Lipinski definition) is 9. The summed E-state index contributed by atoms with van der Waals surface area (Å²) >= 11 is 1.49. The summed E-state index contributed by atoms with van der Waals surface area (Å²) in [6.45, 7) is 9.77. The van der Waals surface area contributed by atoms with Crippen LogP contribution in [0.4, 0.5) is 0 Å². The molecule has 42 heavy (non-hydrogen) atoms.